The number of hydrogen-bond acceptors (Lipinski definition) is 5. The van der Waals surface area contributed by atoms with Gasteiger partial charge in [0.15, 0.2) is 0 Å². The Morgan fingerprint density at radius 1 is 1.19 bits per heavy atom. The molecule has 7 nitrogen and oxygen atoms in total. The number of nitrogens with one attached hydrogen (secondary N) is 1. The van der Waals surface area contributed by atoms with Gasteiger partial charge in [0.05, 0.1) is 26.0 Å². The Labute approximate surface area is 153 Å². The van der Waals surface area contributed by atoms with E-state index in [2.05, 4.69) is 5.32 Å². The lowest BCUT2D eigenvalue weighted by molar-refractivity contribution is -0.117. The van der Waals surface area contributed by atoms with Gasteiger partial charge in [-0.1, -0.05) is 6.07 Å². The molecule has 2 amide bonds. The predicted octanol–water partition coefficient (Wildman–Crippen LogP) is 2.07. The van der Waals surface area contributed by atoms with Crippen LogP contribution < -0.4 is 5.32 Å². The van der Waals surface area contributed by atoms with E-state index in [0.29, 0.717) is 30.9 Å². The number of ether oxygens (including phenoxy) is 1. The molecule has 0 unspecified atom stereocenters. The molecule has 2 rings (SSSR count). The molecule has 26 heavy (non-hydrogen) atoms. The van der Waals surface area contributed by atoms with Crippen LogP contribution in [0.2, 0.25) is 0 Å². The Kier molecular flexibility index (Phi) is 7.37. The Morgan fingerprint density at radius 3 is 2.65 bits per heavy atom. The molecular formula is C19H25N3O4. The van der Waals surface area contributed by atoms with Crippen molar-refractivity contribution in [2.45, 2.75) is 6.54 Å². The number of furan rings is 1. The topological polar surface area (TPSA) is 75.0 Å². The van der Waals surface area contributed by atoms with Crippen LogP contribution in [0.1, 0.15) is 16.1 Å². The summed E-state index contributed by atoms with van der Waals surface area (Å²) in [6.07, 6.45) is 1.61. The number of rotatable bonds is 9. The number of carbonyl (C=O) groups excluding carboxylic acids is 2. The van der Waals surface area contributed by atoms with Crippen LogP contribution in [-0.4, -0.2) is 62.5 Å². The van der Waals surface area contributed by atoms with E-state index in [4.69, 9.17) is 9.15 Å². The molecule has 1 N–H and O–H groups in total. The molecular weight excluding hydrogens is 334 g/mol. The second-order valence-electron chi connectivity index (χ2n) is 6.11. The summed E-state index contributed by atoms with van der Waals surface area (Å²) in [5.41, 5.74) is 1.12. The zero-order valence-electron chi connectivity index (χ0n) is 15.4. The molecule has 1 aromatic carbocycles. The van der Waals surface area contributed by atoms with Gasteiger partial charge in [0, 0.05) is 39.0 Å². The fourth-order valence-electron chi connectivity index (χ4n) is 2.45. The first-order valence-electron chi connectivity index (χ1n) is 8.35. The van der Waals surface area contributed by atoms with Crippen molar-refractivity contribution in [3.05, 3.63) is 54.0 Å². The van der Waals surface area contributed by atoms with Crippen molar-refractivity contribution in [2.24, 2.45) is 0 Å². The summed E-state index contributed by atoms with van der Waals surface area (Å²) in [5.74, 6) is 0.509. The van der Waals surface area contributed by atoms with Gasteiger partial charge in [-0.25, -0.2) is 0 Å². The standard InChI is InChI=1S/C19H25N3O4/c1-21(2)19(24)15-6-4-7-16(12-15)20-18(23)14-22(9-11-25-3)13-17-8-5-10-26-17/h4-8,10,12H,9,11,13-14H2,1-3H3,(H,20,23). The van der Waals surface area contributed by atoms with Crippen LogP contribution in [0.5, 0.6) is 0 Å². The van der Waals surface area contributed by atoms with Crippen molar-refractivity contribution in [1.29, 1.82) is 0 Å². The number of anilines is 1. The van der Waals surface area contributed by atoms with Gasteiger partial charge in [0.25, 0.3) is 5.91 Å². The minimum Gasteiger partial charge on any atom is -0.468 e. The summed E-state index contributed by atoms with van der Waals surface area (Å²) in [5, 5.41) is 2.84. The monoisotopic (exact) mass is 359 g/mol. The van der Waals surface area contributed by atoms with Gasteiger partial charge in [-0.15, -0.1) is 0 Å². The molecule has 140 valence electrons. The van der Waals surface area contributed by atoms with E-state index in [-0.39, 0.29) is 18.4 Å². The smallest absolute Gasteiger partial charge is 0.253 e. The summed E-state index contributed by atoms with van der Waals surface area (Å²) in [6.45, 7) is 1.82. The molecule has 0 aliphatic carbocycles. The van der Waals surface area contributed by atoms with E-state index in [1.807, 2.05) is 17.0 Å². The van der Waals surface area contributed by atoms with Gasteiger partial charge in [-0.05, 0) is 30.3 Å². The first-order chi connectivity index (χ1) is 12.5. The lowest BCUT2D eigenvalue weighted by Gasteiger charge is -2.20. The summed E-state index contributed by atoms with van der Waals surface area (Å²) in [4.78, 5) is 27.9. The fraction of sp³-hybridized carbons (Fsp3) is 0.368. The maximum Gasteiger partial charge on any atom is 0.253 e. The van der Waals surface area contributed by atoms with Gasteiger partial charge < -0.3 is 19.4 Å². The molecule has 0 saturated carbocycles. The first-order valence-corrected chi connectivity index (χ1v) is 8.35. The Hall–Kier alpha value is -2.64. The summed E-state index contributed by atoms with van der Waals surface area (Å²) in [6, 6.07) is 10.6. The molecule has 0 atom stereocenters. The van der Waals surface area contributed by atoms with Gasteiger partial charge in [-0.2, -0.15) is 0 Å². The quantitative estimate of drug-likeness (QED) is 0.742. The Morgan fingerprint density at radius 2 is 2.00 bits per heavy atom. The van der Waals surface area contributed by atoms with E-state index in [9.17, 15) is 9.59 Å². The normalized spacial score (nSPS) is 10.8. The van der Waals surface area contributed by atoms with Crippen LogP contribution in [0.15, 0.2) is 47.1 Å². The maximum atomic E-state index is 12.4. The molecule has 1 aromatic heterocycles. The average Bonchev–Trinajstić information content (AvgIpc) is 3.12. The summed E-state index contributed by atoms with van der Waals surface area (Å²) in [7, 11) is 5.00. The zero-order valence-corrected chi connectivity index (χ0v) is 15.4. The number of amides is 2. The van der Waals surface area contributed by atoms with Crippen LogP contribution in [0.3, 0.4) is 0 Å². The molecule has 0 aliphatic heterocycles. The lowest BCUT2D eigenvalue weighted by Crippen LogP contribution is -2.35. The molecule has 0 aliphatic rings. The highest BCUT2D eigenvalue weighted by molar-refractivity contribution is 5.97. The van der Waals surface area contributed by atoms with Crippen LogP contribution in [0.25, 0.3) is 0 Å². The summed E-state index contributed by atoms with van der Waals surface area (Å²) < 4.78 is 10.5. The van der Waals surface area contributed by atoms with Gasteiger partial charge in [0.1, 0.15) is 5.76 Å². The third-order valence-electron chi connectivity index (χ3n) is 3.74. The van der Waals surface area contributed by atoms with Crippen molar-refractivity contribution in [2.75, 3.05) is 46.2 Å². The molecule has 0 fully saturated rings. The van der Waals surface area contributed by atoms with Crippen LogP contribution in [-0.2, 0) is 16.1 Å². The SMILES string of the molecule is COCCN(CC(=O)Nc1cccc(C(=O)N(C)C)c1)Cc1ccco1. The number of methoxy groups -OCH3 is 1. The van der Waals surface area contributed by atoms with Crippen molar-refractivity contribution >= 4 is 17.5 Å². The van der Waals surface area contributed by atoms with Crippen molar-refractivity contribution in [3.63, 3.8) is 0 Å². The van der Waals surface area contributed by atoms with E-state index in [1.54, 1.807) is 51.7 Å². The zero-order chi connectivity index (χ0) is 18.9. The lowest BCUT2D eigenvalue weighted by atomic mass is 10.2. The first kappa shape index (κ1) is 19.7. The van der Waals surface area contributed by atoms with Gasteiger partial charge in [0.2, 0.25) is 5.91 Å². The minimum absolute atomic E-state index is 0.111. The molecule has 1 heterocycles. The van der Waals surface area contributed by atoms with Gasteiger partial charge in [-0.3, -0.25) is 14.5 Å². The third kappa shape index (κ3) is 6.02. The summed E-state index contributed by atoms with van der Waals surface area (Å²) >= 11 is 0. The third-order valence-corrected chi connectivity index (χ3v) is 3.74. The second kappa shape index (κ2) is 9.74. The van der Waals surface area contributed by atoms with Crippen molar-refractivity contribution in [1.82, 2.24) is 9.80 Å². The van der Waals surface area contributed by atoms with Crippen molar-refractivity contribution < 1.29 is 18.7 Å². The number of carbonyl (C=O) groups is 2. The molecule has 0 spiro atoms. The second-order valence-corrected chi connectivity index (χ2v) is 6.11. The molecule has 0 saturated heterocycles. The van der Waals surface area contributed by atoms with E-state index in [1.165, 1.54) is 4.90 Å². The number of benzene rings is 1. The largest absolute Gasteiger partial charge is 0.468 e. The molecule has 7 heteroatoms. The Balaban J connectivity index is 1.98. The average molecular weight is 359 g/mol. The van der Waals surface area contributed by atoms with E-state index < -0.39 is 0 Å². The van der Waals surface area contributed by atoms with Crippen LogP contribution in [0, 0.1) is 0 Å². The molecule has 0 radical (unpaired) electrons. The highest BCUT2D eigenvalue weighted by Gasteiger charge is 2.14. The van der Waals surface area contributed by atoms with Crippen LogP contribution in [0.4, 0.5) is 5.69 Å². The van der Waals surface area contributed by atoms with Crippen molar-refractivity contribution in [3.8, 4) is 0 Å². The van der Waals surface area contributed by atoms with Gasteiger partial charge >= 0.3 is 0 Å². The molecule has 0 bridgehead atoms. The highest BCUT2D eigenvalue weighted by atomic mass is 16.5. The Bertz CT molecular complexity index is 713. The fourth-order valence-corrected chi connectivity index (χ4v) is 2.45. The number of hydrogen-bond donors (Lipinski definition) is 1. The number of nitrogens with zero attached hydrogens (tertiary/aromatic N) is 2. The minimum atomic E-state index is -0.165. The maximum absolute atomic E-state index is 12.4. The highest BCUT2D eigenvalue weighted by Crippen LogP contribution is 2.12. The molecule has 2 aromatic rings. The van der Waals surface area contributed by atoms with E-state index >= 15 is 0 Å². The van der Waals surface area contributed by atoms with Crippen LogP contribution >= 0.6 is 0 Å². The van der Waals surface area contributed by atoms with E-state index in [0.717, 1.165) is 5.76 Å². The predicted molar refractivity (Wildman–Crippen MR) is 99.0 cm³/mol.